The van der Waals surface area contributed by atoms with E-state index in [9.17, 15) is 9.59 Å². The van der Waals surface area contributed by atoms with E-state index in [1.54, 1.807) is 31.2 Å². The van der Waals surface area contributed by atoms with Crippen molar-refractivity contribution in [2.45, 2.75) is 6.92 Å². The van der Waals surface area contributed by atoms with Gasteiger partial charge < -0.3 is 10.1 Å². The van der Waals surface area contributed by atoms with Gasteiger partial charge in [0.1, 0.15) is 5.75 Å². The standard InChI is InChI=1S/C11H15N3O3/c1-3-12-10(15)11(16)14-13-8-6-4-5-7-9(8)17-2/h4-7,13H,3H2,1-2H3,(H,12,15)(H,14,16). The number of benzene rings is 1. The highest BCUT2D eigenvalue weighted by molar-refractivity contribution is 6.35. The summed E-state index contributed by atoms with van der Waals surface area (Å²) < 4.78 is 5.07. The van der Waals surface area contributed by atoms with Gasteiger partial charge in [0.05, 0.1) is 12.8 Å². The zero-order valence-corrected chi connectivity index (χ0v) is 9.74. The Bertz CT molecular complexity index is 407. The van der Waals surface area contributed by atoms with Gasteiger partial charge in [0.15, 0.2) is 0 Å². The molecule has 6 heteroatoms. The van der Waals surface area contributed by atoms with Crippen molar-refractivity contribution in [3.63, 3.8) is 0 Å². The summed E-state index contributed by atoms with van der Waals surface area (Å²) in [4.78, 5) is 22.4. The third-order valence-electron chi connectivity index (χ3n) is 1.96. The van der Waals surface area contributed by atoms with E-state index >= 15 is 0 Å². The van der Waals surface area contributed by atoms with E-state index in [-0.39, 0.29) is 0 Å². The summed E-state index contributed by atoms with van der Waals surface area (Å²) in [6.07, 6.45) is 0. The van der Waals surface area contributed by atoms with Crippen LogP contribution in [-0.4, -0.2) is 25.5 Å². The number of rotatable bonds is 4. The molecular weight excluding hydrogens is 222 g/mol. The van der Waals surface area contributed by atoms with E-state index in [1.165, 1.54) is 7.11 Å². The molecule has 1 aromatic rings. The second-order valence-electron chi connectivity index (χ2n) is 3.14. The van der Waals surface area contributed by atoms with Crippen LogP contribution in [-0.2, 0) is 9.59 Å². The highest BCUT2D eigenvalue weighted by atomic mass is 16.5. The molecule has 0 aliphatic heterocycles. The SMILES string of the molecule is CCNC(=O)C(=O)NNc1ccccc1OC. The van der Waals surface area contributed by atoms with Crippen LogP contribution in [0.1, 0.15) is 6.92 Å². The summed E-state index contributed by atoms with van der Waals surface area (Å²) in [5.41, 5.74) is 5.47. The van der Waals surface area contributed by atoms with Crippen molar-refractivity contribution in [3.05, 3.63) is 24.3 Å². The summed E-state index contributed by atoms with van der Waals surface area (Å²) in [6.45, 7) is 2.14. The zero-order valence-electron chi connectivity index (χ0n) is 9.74. The van der Waals surface area contributed by atoms with Crippen molar-refractivity contribution in [3.8, 4) is 5.75 Å². The summed E-state index contributed by atoms with van der Waals surface area (Å²) >= 11 is 0. The third kappa shape index (κ3) is 3.67. The highest BCUT2D eigenvalue weighted by Crippen LogP contribution is 2.21. The number of hydrogen-bond acceptors (Lipinski definition) is 4. The van der Waals surface area contributed by atoms with Crippen molar-refractivity contribution < 1.29 is 14.3 Å². The van der Waals surface area contributed by atoms with E-state index < -0.39 is 11.8 Å². The van der Waals surface area contributed by atoms with Crippen molar-refractivity contribution >= 4 is 17.5 Å². The molecule has 0 atom stereocenters. The Morgan fingerprint density at radius 2 is 1.94 bits per heavy atom. The molecule has 0 heterocycles. The first-order valence-corrected chi connectivity index (χ1v) is 5.16. The van der Waals surface area contributed by atoms with Gasteiger partial charge in [-0.25, -0.2) is 0 Å². The first-order valence-electron chi connectivity index (χ1n) is 5.16. The van der Waals surface area contributed by atoms with Gasteiger partial charge >= 0.3 is 11.8 Å². The Kier molecular flexibility index (Phi) is 4.80. The van der Waals surface area contributed by atoms with Crippen LogP contribution in [0.2, 0.25) is 0 Å². The maximum atomic E-state index is 11.3. The minimum Gasteiger partial charge on any atom is -0.495 e. The smallest absolute Gasteiger partial charge is 0.327 e. The predicted octanol–water partition coefficient (Wildman–Crippen LogP) is 0.274. The molecule has 0 spiro atoms. The first-order chi connectivity index (χ1) is 8.19. The lowest BCUT2D eigenvalue weighted by Crippen LogP contribution is -2.42. The molecule has 17 heavy (non-hydrogen) atoms. The molecular formula is C11H15N3O3. The molecule has 6 nitrogen and oxygen atoms in total. The van der Waals surface area contributed by atoms with Crippen LogP contribution in [0.4, 0.5) is 5.69 Å². The predicted molar refractivity (Wildman–Crippen MR) is 63.4 cm³/mol. The van der Waals surface area contributed by atoms with Gasteiger partial charge in [0.2, 0.25) is 0 Å². The van der Waals surface area contributed by atoms with Crippen molar-refractivity contribution in [1.82, 2.24) is 10.7 Å². The van der Waals surface area contributed by atoms with Crippen LogP contribution >= 0.6 is 0 Å². The van der Waals surface area contributed by atoms with Crippen LogP contribution in [0, 0.1) is 0 Å². The van der Waals surface area contributed by atoms with Gasteiger partial charge in [-0.1, -0.05) is 12.1 Å². The molecule has 0 saturated heterocycles. The lowest BCUT2D eigenvalue weighted by molar-refractivity contribution is -0.138. The molecule has 0 radical (unpaired) electrons. The lowest BCUT2D eigenvalue weighted by atomic mass is 10.3. The van der Waals surface area contributed by atoms with Gasteiger partial charge in [0.25, 0.3) is 0 Å². The number of para-hydroxylation sites is 2. The number of nitrogens with one attached hydrogen (secondary N) is 3. The third-order valence-corrected chi connectivity index (χ3v) is 1.96. The first kappa shape index (κ1) is 12.8. The van der Waals surface area contributed by atoms with Gasteiger partial charge in [-0.15, -0.1) is 0 Å². The lowest BCUT2D eigenvalue weighted by Gasteiger charge is -2.11. The summed E-state index contributed by atoms with van der Waals surface area (Å²) in [6, 6.07) is 7.04. The average Bonchev–Trinajstić information content (AvgIpc) is 2.36. The summed E-state index contributed by atoms with van der Waals surface area (Å²) in [7, 11) is 1.52. The Morgan fingerprint density at radius 1 is 1.24 bits per heavy atom. The number of ether oxygens (including phenoxy) is 1. The normalized spacial score (nSPS) is 9.29. The molecule has 3 N–H and O–H groups in total. The second kappa shape index (κ2) is 6.37. The molecule has 0 aromatic heterocycles. The Hall–Kier alpha value is -2.24. The largest absolute Gasteiger partial charge is 0.495 e. The van der Waals surface area contributed by atoms with Gasteiger partial charge in [0, 0.05) is 6.54 Å². The minimum atomic E-state index is -0.752. The molecule has 92 valence electrons. The molecule has 0 bridgehead atoms. The van der Waals surface area contributed by atoms with Crippen molar-refractivity contribution in [2.75, 3.05) is 19.1 Å². The molecule has 0 aliphatic rings. The number of methoxy groups -OCH3 is 1. The van der Waals surface area contributed by atoms with E-state index in [4.69, 9.17) is 4.74 Å². The summed E-state index contributed by atoms with van der Waals surface area (Å²) in [5.74, 6) is -0.864. The topological polar surface area (TPSA) is 79.5 Å². The fourth-order valence-corrected chi connectivity index (χ4v) is 1.17. The van der Waals surface area contributed by atoms with Crippen LogP contribution in [0.25, 0.3) is 0 Å². The number of likely N-dealkylation sites (N-methyl/N-ethyl adjacent to an activating group) is 1. The fourth-order valence-electron chi connectivity index (χ4n) is 1.17. The summed E-state index contributed by atoms with van der Waals surface area (Å²) in [5, 5.41) is 2.39. The van der Waals surface area contributed by atoms with Crippen LogP contribution in [0.15, 0.2) is 24.3 Å². The monoisotopic (exact) mass is 237 g/mol. The molecule has 0 unspecified atom stereocenters. The number of carbonyl (C=O) groups is 2. The fraction of sp³-hybridized carbons (Fsp3) is 0.273. The number of hydrazine groups is 1. The van der Waals surface area contributed by atoms with Crippen LogP contribution < -0.4 is 20.9 Å². The molecule has 0 saturated carbocycles. The van der Waals surface area contributed by atoms with Crippen molar-refractivity contribution in [1.29, 1.82) is 0 Å². The maximum absolute atomic E-state index is 11.3. The van der Waals surface area contributed by atoms with E-state index in [2.05, 4.69) is 16.2 Å². The maximum Gasteiger partial charge on any atom is 0.327 e. The van der Waals surface area contributed by atoms with E-state index in [0.717, 1.165) is 0 Å². The second-order valence-corrected chi connectivity index (χ2v) is 3.14. The Labute approximate surface area is 99.3 Å². The van der Waals surface area contributed by atoms with Crippen LogP contribution in [0.3, 0.4) is 0 Å². The Morgan fingerprint density at radius 3 is 2.59 bits per heavy atom. The van der Waals surface area contributed by atoms with Crippen LogP contribution in [0.5, 0.6) is 5.75 Å². The van der Waals surface area contributed by atoms with Gasteiger partial charge in [-0.2, -0.15) is 0 Å². The molecule has 1 rings (SSSR count). The number of carbonyl (C=O) groups excluding carboxylic acids is 2. The van der Waals surface area contributed by atoms with Gasteiger partial charge in [-0.05, 0) is 19.1 Å². The number of anilines is 1. The van der Waals surface area contributed by atoms with E-state index in [1.807, 2.05) is 0 Å². The molecule has 0 fully saturated rings. The molecule has 0 aliphatic carbocycles. The minimum absolute atomic E-state index is 0.404. The average molecular weight is 237 g/mol. The quantitative estimate of drug-likeness (QED) is 0.519. The van der Waals surface area contributed by atoms with Crippen molar-refractivity contribution in [2.24, 2.45) is 0 Å². The van der Waals surface area contributed by atoms with Gasteiger partial charge in [-0.3, -0.25) is 20.4 Å². The molecule has 2 amide bonds. The zero-order chi connectivity index (χ0) is 12.7. The van der Waals surface area contributed by atoms with E-state index in [0.29, 0.717) is 18.0 Å². The Balaban J connectivity index is 2.55. The number of hydrogen-bond donors (Lipinski definition) is 3. The highest BCUT2D eigenvalue weighted by Gasteiger charge is 2.11. The number of amides is 2. The molecule has 1 aromatic carbocycles.